The molecule has 1 N–H and O–H groups in total. The second-order valence-electron chi connectivity index (χ2n) is 5.92. The van der Waals surface area contributed by atoms with E-state index in [9.17, 15) is 10.1 Å². The van der Waals surface area contributed by atoms with Crippen LogP contribution in [-0.4, -0.2) is 35.5 Å². The topological polar surface area (TPSA) is 58.4 Å². The standard InChI is InChI=1S/C15H23N3O2/c1-12(2)11-17-9-7-14(8-10-17)16-13-3-5-15(6-4-13)18(19)20/h3-6,12,14,16H,7-11H2,1-2H3. The van der Waals surface area contributed by atoms with E-state index < -0.39 is 0 Å². The van der Waals surface area contributed by atoms with Gasteiger partial charge in [-0.15, -0.1) is 0 Å². The fourth-order valence-electron chi connectivity index (χ4n) is 2.69. The minimum Gasteiger partial charge on any atom is -0.382 e. The Morgan fingerprint density at radius 2 is 1.90 bits per heavy atom. The van der Waals surface area contributed by atoms with Gasteiger partial charge in [-0.2, -0.15) is 0 Å². The van der Waals surface area contributed by atoms with Crippen LogP contribution in [0.2, 0.25) is 0 Å². The summed E-state index contributed by atoms with van der Waals surface area (Å²) in [6, 6.07) is 7.16. The van der Waals surface area contributed by atoms with Crippen LogP contribution in [0.5, 0.6) is 0 Å². The summed E-state index contributed by atoms with van der Waals surface area (Å²) in [5, 5.41) is 14.1. The summed E-state index contributed by atoms with van der Waals surface area (Å²) in [6.45, 7) is 7.93. The van der Waals surface area contributed by atoms with Crippen molar-refractivity contribution < 1.29 is 4.92 Å². The maximum absolute atomic E-state index is 10.6. The van der Waals surface area contributed by atoms with Crippen molar-refractivity contribution in [2.75, 3.05) is 25.0 Å². The van der Waals surface area contributed by atoms with Gasteiger partial charge in [-0.1, -0.05) is 13.8 Å². The fourth-order valence-corrected chi connectivity index (χ4v) is 2.69. The molecule has 1 aliphatic rings. The van der Waals surface area contributed by atoms with Gasteiger partial charge in [0.2, 0.25) is 0 Å². The molecule has 0 amide bonds. The number of nitrogens with zero attached hydrogens (tertiary/aromatic N) is 2. The number of nitro benzene ring substituents is 1. The third kappa shape index (κ3) is 4.20. The monoisotopic (exact) mass is 277 g/mol. The highest BCUT2D eigenvalue weighted by Crippen LogP contribution is 2.20. The van der Waals surface area contributed by atoms with Crippen molar-refractivity contribution >= 4 is 11.4 Å². The molecule has 110 valence electrons. The molecule has 0 saturated carbocycles. The summed E-state index contributed by atoms with van der Waals surface area (Å²) in [4.78, 5) is 12.8. The number of non-ortho nitro benzene ring substituents is 1. The van der Waals surface area contributed by atoms with Gasteiger partial charge in [0.15, 0.2) is 0 Å². The second kappa shape index (κ2) is 6.70. The quantitative estimate of drug-likeness (QED) is 0.663. The lowest BCUT2D eigenvalue weighted by Crippen LogP contribution is -2.40. The van der Waals surface area contributed by atoms with Crippen LogP contribution >= 0.6 is 0 Å². The molecule has 0 unspecified atom stereocenters. The van der Waals surface area contributed by atoms with Crippen LogP contribution < -0.4 is 5.32 Å². The van der Waals surface area contributed by atoms with Gasteiger partial charge in [0.25, 0.3) is 5.69 Å². The first-order valence-electron chi connectivity index (χ1n) is 7.28. The third-order valence-corrected chi connectivity index (χ3v) is 3.66. The average Bonchev–Trinajstić information content (AvgIpc) is 2.41. The van der Waals surface area contributed by atoms with Crippen LogP contribution in [0.1, 0.15) is 26.7 Å². The number of piperidine rings is 1. The van der Waals surface area contributed by atoms with Gasteiger partial charge in [0.05, 0.1) is 4.92 Å². The minimum absolute atomic E-state index is 0.141. The molecule has 5 nitrogen and oxygen atoms in total. The Hall–Kier alpha value is -1.62. The van der Waals surface area contributed by atoms with E-state index in [1.807, 2.05) is 0 Å². The number of benzene rings is 1. The molecule has 1 aromatic carbocycles. The first-order valence-corrected chi connectivity index (χ1v) is 7.28. The number of hydrogen-bond acceptors (Lipinski definition) is 4. The van der Waals surface area contributed by atoms with Crippen LogP contribution in [0.15, 0.2) is 24.3 Å². The molecule has 1 aromatic rings. The lowest BCUT2D eigenvalue weighted by Gasteiger charge is -2.33. The molecule has 5 heteroatoms. The van der Waals surface area contributed by atoms with Crippen molar-refractivity contribution in [1.29, 1.82) is 0 Å². The fraction of sp³-hybridized carbons (Fsp3) is 0.600. The van der Waals surface area contributed by atoms with Gasteiger partial charge < -0.3 is 10.2 Å². The zero-order chi connectivity index (χ0) is 14.5. The van der Waals surface area contributed by atoms with Gasteiger partial charge in [-0.25, -0.2) is 0 Å². The molecular weight excluding hydrogens is 254 g/mol. The van der Waals surface area contributed by atoms with Crippen molar-refractivity contribution in [2.24, 2.45) is 5.92 Å². The van der Waals surface area contributed by atoms with Crippen LogP contribution in [-0.2, 0) is 0 Å². The molecule has 20 heavy (non-hydrogen) atoms. The molecule has 0 bridgehead atoms. The number of anilines is 1. The van der Waals surface area contributed by atoms with Crippen LogP contribution in [0.25, 0.3) is 0 Å². The van der Waals surface area contributed by atoms with Gasteiger partial charge in [0.1, 0.15) is 0 Å². The van der Waals surface area contributed by atoms with Crippen LogP contribution in [0.3, 0.4) is 0 Å². The first kappa shape index (κ1) is 14.8. The maximum atomic E-state index is 10.6. The number of hydrogen-bond donors (Lipinski definition) is 1. The molecule has 1 aliphatic heterocycles. The molecule has 0 spiro atoms. The Morgan fingerprint density at radius 1 is 1.30 bits per heavy atom. The molecule has 0 atom stereocenters. The van der Waals surface area contributed by atoms with Gasteiger partial charge >= 0.3 is 0 Å². The Bertz CT molecular complexity index is 437. The Morgan fingerprint density at radius 3 is 2.40 bits per heavy atom. The number of likely N-dealkylation sites (tertiary alicyclic amines) is 1. The summed E-state index contributed by atoms with van der Waals surface area (Å²) in [7, 11) is 0. The van der Waals surface area contributed by atoms with E-state index in [4.69, 9.17) is 0 Å². The molecule has 1 fully saturated rings. The largest absolute Gasteiger partial charge is 0.382 e. The first-order chi connectivity index (χ1) is 9.54. The van der Waals surface area contributed by atoms with E-state index in [0.717, 1.165) is 31.6 Å². The highest BCUT2D eigenvalue weighted by molar-refractivity contribution is 5.49. The van der Waals surface area contributed by atoms with E-state index >= 15 is 0 Å². The van der Waals surface area contributed by atoms with Gasteiger partial charge in [-0.3, -0.25) is 10.1 Å². The number of nitro groups is 1. The summed E-state index contributed by atoms with van der Waals surface area (Å²) in [5.74, 6) is 0.717. The van der Waals surface area contributed by atoms with E-state index in [-0.39, 0.29) is 10.6 Å². The van der Waals surface area contributed by atoms with Crippen molar-refractivity contribution in [3.63, 3.8) is 0 Å². The molecular formula is C15H23N3O2. The molecule has 2 rings (SSSR count). The summed E-state index contributed by atoms with van der Waals surface area (Å²) in [6.07, 6.45) is 2.26. The number of nitrogens with one attached hydrogen (secondary N) is 1. The Balaban J connectivity index is 1.81. The van der Waals surface area contributed by atoms with E-state index in [0.29, 0.717) is 12.0 Å². The lowest BCUT2D eigenvalue weighted by atomic mass is 10.0. The van der Waals surface area contributed by atoms with E-state index in [2.05, 4.69) is 24.1 Å². The third-order valence-electron chi connectivity index (χ3n) is 3.66. The minimum atomic E-state index is -0.367. The van der Waals surface area contributed by atoms with Crippen molar-refractivity contribution in [3.8, 4) is 0 Å². The summed E-state index contributed by atoms with van der Waals surface area (Å²) < 4.78 is 0. The molecule has 1 heterocycles. The van der Waals surface area contributed by atoms with E-state index in [1.54, 1.807) is 24.3 Å². The van der Waals surface area contributed by atoms with Gasteiger partial charge in [0, 0.05) is 43.5 Å². The van der Waals surface area contributed by atoms with Crippen molar-refractivity contribution in [1.82, 2.24) is 4.90 Å². The smallest absolute Gasteiger partial charge is 0.269 e. The van der Waals surface area contributed by atoms with Crippen molar-refractivity contribution in [3.05, 3.63) is 34.4 Å². The second-order valence-corrected chi connectivity index (χ2v) is 5.92. The predicted octanol–water partition coefficient (Wildman–Crippen LogP) is 3.13. The maximum Gasteiger partial charge on any atom is 0.269 e. The average molecular weight is 277 g/mol. The highest BCUT2D eigenvalue weighted by atomic mass is 16.6. The normalized spacial score (nSPS) is 17.4. The van der Waals surface area contributed by atoms with Crippen molar-refractivity contribution in [2.45, 2.75) is 32.7 Å². The Labute approximate surface area is 120 Å². The molecule has 0 aromatic heterocycles. The zero-order valence-electron chi connectivity index (χ0n) is 12.2. The Kier molecular flexibility index (Phi) is 4.95. The molecule has 0 radical (unpaired) electrons. The van der Waals surface area contributed by atoms with Gasteiger partial charge in [-0.05, 0) is 30.9 Å². The lowest BCUT2D eigenvalue weighted by molar-refractivity contribution is -0.384. The number of rotatable bonds is 5. The van der Waals surface area contributed by atoms with Crippen LogP contribution in [0, 0.1) is 16.0 Å². The zero-order valence-corrected chi connectivity index (χ0v) is 12.2. The summed E-state index contributed by atoms with van der Waals surface area (Å²) >= 11 is 0. The van der Waals surface area contributed by atoms with Crippen LogP contribution in [0.4, 0.5) is 11.4 Å². The molecule has 0 aliphatic carbocycles. The highest BCUT2D eigenvalue weighted by Gasteiger charge is 2.19. The molecule has 1 saturated heterocycles. The van der Waals surface area contributed by atoms with E-state index in [1.165, 1.54) is 6.54 Å². The predicted molar refractivity (Wildman–Crippen MR) is 81.0 cm³/mol. The summed E-state index contributed by atoms with van der Waals surface area (Å²) in [5.41, 5.74) is 1.11. The SMILES string of the molecule is CC(C)CN1CCC(Nc2ccc([N+](=O)[O-])cc2)CC1.